The zero-order valence-corrected chi connectivity index (χ0v) is 15.8. The lowest BCUT2D eigenvalue weighted by atomic mass is 10.1. The topological polar surface area (TPSA) is 97.4 Å². The lowest BCUT2D eigenvalue weighted by Gasteiger charge is -2.24. The van der Waals surface area contributed by atoms with Crippen LogP contribution in [0.5, 0.6) is 0 Å². The third-order valence-corrected chi connectivity index (χ3v) is 5.52. The number of hydrogen-bond acceptors (Lipinski definition) is 8. The third-order valence-electron chi connectivity index (χ3n) is 4.25. The van der Waals surface area contributed by atoms with Crippen LogP contribution in [0.25, 0.3) is 0 Å². The Balaban J connectivity index is 1.64. The van der Waals surface area contributed by atoms with E-state index in [1.54, 1.807) is 26.0 Å². The van der Waals surface area contributed by atoms with Crippen LogP contribution in [0.15, 0.2) is 29.2 Å². The summed E-state index contributed by atoms with van der Waals surface area (Å²) in [6.45, 7) is 4.64. The third kappa shape index (κ3) is 3.83. The van der Waals surface area contributed by atoms with Crippen LogP contribution in [0.3, 0.4) is 0 Å². The molecule has 8 nitrogen and oxygen atoms in total. The number of fused-ring (bicyclic) bond motifs is 1. The van der Waals surface area contributed by atoms with Crippen molar-refractivity contribution in [2.75, 3.05) is 13.7 Å². The molecule has 2 aliphatic rings. The number of hydrogen-bond donors (Lipinski definition) is 0. The number of ketones is 1. The van der Waals surface area contributed by atoms with E-state index in [-0.39, 0.29) is 4.90 Å². The molecule has 2 saturated heterocycles. The van der Waals surface area contributed by atoms with Crippen molar-refractivity contribution in [2.45, 2.75) is 56.1 Å². The molecular formula is C17H22O8S. The van der Waals surface area contributed by atoms with E-state index in [4.69, 9.17) is 23.1 Å². The SMILES string of the molecule is COC1C(C(=O)COS(=O)(=O)c2ccc(C)cc2)OC2OC(C)(C)OC21. The van der Waals surface area contributed by atoms with Gasteiger partial charge in [-0.15, -0.1) is 0 Å². The zero-order chi connectivity index (χ0) is 19.1. The second-order valence-corrected chi connectivity index (χ2v) is 8.34. The predicted octanol–water partition coefficient (Wildman–Crippen LogP) is 1.16. The van der Waals surface area contributed by atoms with Crippen LogP contribution in [0.2, 0.25) is 0 Å². The minimum Gasteiger partial charge on any atom is -0.375 e. The van der Waals surface area contributed by atoms with Crippen LogP contribution in [0.4, 0.5) is 0 Å². The van der Waals surface area contributed by atoms with Crippen molar-refractivity contribution in [3.63, 3.8) is 0 Å². The second-order valence-electron chi connectivity index (χ2n) is 6.72. The largest absolute Gasteiger partial charge is 0.375 e. The van der Waals surface area contributed by atoms with Gasteiger partial charge in [-0.3, -0.25) is 8.98 Å². The highest BCUT2D eigenvalue weighted by atomic mass is 32.2. The van der Waals surface area contributed by atoms with E-state index in [1.807, 2.05) is 6.92 Å². The Bertz CT molecular complexity index is 770. The first-order chi connectivity index (χ1) is 12.1. The number of carbonyl (C=O) groups is 1. The van der Waals surface area contributed by atoms with E-state index in [2.05, 4.69) is 0 Å². The molecule has 0 N–H and O–H groups in total. The molecule has 2 aliphatic heterocycles. The van der Waals surface area contributed by atoms with E-state index in [9.17, 15) is 13.2 Å². The van der Waals surface area contributed by atoms with Gasteiger partial charge in [0.15, 0.2) is 24.0 Å². The quantitative estimate of drug-likeness (QED) is 0.672. The molecular weight excluding hydrogens is 364 g/mol. The summed E-state index contributed by atoms with van der Waals surface area (Å²) in [7, 11) is -2.62. The second kappa shape index (κ2) is 6.99. The van der Waals surface area contributed by atoms with Gasteiger partial charge in [0.1, 0.15) is 18.8 Å². The smallest absolute Gasteiger partial charge is 0.297 e. The van der Waals surface area contributed by atoms with Crippen molar-refractivity contribution >= 4 is 15.9 Å². The van der Waals surface area contributed by atoms with Crippen LogP contribution < -0.4 is 0 Å². The predicted molar refractivity (Wildman–Crippen MR) is 88.8 cm³/mol. The molecule has 1 aromatic carbocycles. The minimum absolute atomic E-state index is 0.0168. The highest BCUT2D eigenvalue weighted by Crippen LogP contribution is 2.38. The van der Waals surface area contributed by atoms with Gasteiger partial charge in [-0.05, 0) is 32.9 Å². The molecule has 0 radical (unpaired) electrons. The first kappa shape index (κ1) is 19.4. The maximum absolute atomic E-state index is 12.4. The summed E-state index contributed by atoms with van der Waals surface area (Å²) in [5.41, 5.74) is 0.914. The summed E-state index contributed by atoms with van der Waals surface area (Å²) in [5, 5.41) is 0. The van der Waals surface area contributed by atoms with Crippen molar-refractivity contribution < 1.29 is 36.3 Å². The molecule has 9 heteroatoms. The molecule has 0 aliphatic carbocycles. The molecule has 0 amide bonds. The molecule has 0 aromatic heterocycles. The molecule has 0 spiro atoms. The molecule has 0 saturated carbocycles. The summed E-state index contributed by atoms with van der Waals surface area (Å²) in [6, 6.07) is 6.15. The summed E-state index contributed by atoms with van der Waals surface area (Å²) in [6.07, 6.45) is -3.06. The van der Waals surface area contributed by atoms with Crippen LogP contribution >= 0.6 is 0 Å². The first-order valence-electron chi connectivity index (χ1n) is 8.16. The normalized spacial score (nSPS) is 30.3. The van der Waals surface area contributed by atoms with Crippen molar-refractivity contribution in [2.24, 2.45) is 0 Å². The Hall–Kier alpha value is -1.36. The number of methoxy groups -OCH3 is 1. The molecule has 2 heterocycles. The summed E-state index contributed by atoms with van der Waals surface area (Å²) < 4.78 is 51.5. The number of aryl methyl sites for hydroxylation is 1. The van der Waals surface area contributed by atoms with Crippen molar-refractivity contribution in [1.82, 2.24) is 0 Å². The average molecular weight is 386 g/mol. The van der Waals surface area contributed by atoms with Crippen LogP contribution in [0, 0.1) is 6.92 Å². The van der Waals surface area contributed by atoms with E-state index in [0.717, 1.165) is 5.56 Å². The molecule has 2 fully saturated rings. The Labute approximate surface area is 152 Å². The van der Waals surface area contributed by atoms with Gasteiger partial charge in [-0.25, -0.2) is 0 Å². The highest BCUT2D eigenvalue weighted by molar-refractivity contribution is 7.86. The van der Waals surface area contributed by atoms with Gasteiger partial charge >= 0.3 is 0 Å². The molecule has 4 unspecified atom stereocenters. The fourth-order valence-electron chi connectivity index (χ4n) is 2.99. The van der Waals surface area contributed by atoms with Crippen LogP contribution in [-0.2, 0) is 38.0 Å². The summed E-state index contributed by atoms with van der Waals surface area (Å²) >= 11 is 0. The molecule has 144 valence electrons. The fraction of sp³-hybridized carbons (Fsp3) is 0.588. The maximum atomic E-state index is 12.4. The number of Topliss-reactive ketones (excluding diaryl/α,β-unsaturated/α-hetero) is 1. The number of benzene rings is 1. The summed E-state index contributed by atoms with van der Waals surface area (Å²) in [4.78, 5) is 12.4. The Morgan fingerprint density at radius 1 is 1.19 bits per heavy atom. The van der Waals surface area contributed by atoms with E-state index < -0.39 is 52.9 Å². The minimum atomic E-state index is -4.04. The maximum Gasteiger partial charge on any atom is 0.297 e. The Kier molecular flexibility index (Phi) is 5.22. The average Bonchev–Trinajstić information content (AvgIpc) is 3.04. The lowest BCUT2D eigenvalue weighted by Crippen LogP contribution is -2.41. The number of carbonyl (C=O) groups excluding carboxylic acids is 1. The monoisotopic (exact) mass is 386 g/mol. The Morgan fingerprint density at radius 3 is 2.46 bits per heavy atom. The van der Waals surface area contributed by atoms with Gasteiger partial charge < -0.3 is 18.9 Å². The van der Waals surface area contributed by atoms with Gasteiger partial charge in [0.05, 0.1) is 4.90 Å². The van der Waals surface area contributed by atoms with Crippen molar-refractivity contribution in [1.29, 1.82) is 0 Å². The summed E-state index contributed by atoms with van der Waals surface area (Å²) in [5.74, 6) is -1.40. The molecule has 3 rings (SSSR count). The van der Waals surface area contributed by atoms with Gasteiger partial charge in [-0.2, -0.15) is 8.42 Å². The standard InChI is InChI=1S/C17H22O8S/c1-10-5-7-11(8-6-10)26(19,20)22-9-12(18)13-14(21-4)15-16(23-13)25-17(2,3)24-15/h5-8,13-16H,9H2,1-4H3. The van der Waals surface area contributed by atoms with Gasteiger partial charge in [0.25, 0.3) is 10.1 Å². The van der Waals surface area contributed by atoms with Gasteiger partial charge in [0, 0.05) is 7.11 Å². The van der Waals surface area contributed by atoms with Crippen LogP contribution in [0.1, 0.15) is 19.4 Å². The highest BCUT2D eigenvalue weighted by Gasteiger charge is 2.57. The first-order valence-corrected chi connectivity index (χ1v) is 9.56. The lowest BCUT2D eigenvalue weighted by molar-refractivity contribution is -0.216. The van der Waals surface area contributed by atoms with Gasteiger partial charge in [0.2, 0.25) is 0 Å². The zero-order valence-electron chi connectivity index (χ0n) is 15.0. The molecule has 26 heavy (non-hydrogen) atoms. The van der Waals surface area contributed by atoms with Crippen molar-refractivity contribution in [3.8, 4) is 0 Å². The van der Waals surface area contributed by atoms with Crippen molar-refractivity contribution in [3.05, 3.63) is 29.8 Å². The molecule has 0 bridgehead atoms. The molecule has 1 aromatic rings. The fourth-order valence-corrected chi connectivity index (χ4v) is 3.86. The van der Waals surface area contributed by atoms with E-state index in [0.29, 0.717) is 0 Å². The van der Waals surface area contributed by atoms with E-state index >= 15 is 0 Å². The van der Waals surface area contributed by atoms with Gasteiger partial charge in [-0.1, -0.05) is 17.7 Å². The van der Waals surface area contributed by atoms with E-state index in [1.165, 1.54) is 19.2 Å². The Morgan fingerprint density at radius 2 is 1.85 bits per heavy atom. The van der Waals surface area contributed by atoms with Crippen LogP contribution in [-0.4, -0.2) is 58.3 Å². The number of ether oxygens (including phenoxy) is 4. The molecule has 4 atom stereocenters. The number of rotatable bonds is 6.